The third kappa shape index (κ3) is 4.70. The minimum atomic E-state index is -0.871. The van der Waals surface area contributed by atoms with Crippen LogP contribution in [0.1, 0.15) is 33.1 Å². The first kappa shape index (κ1) is 16.8. The van der Waals surface area contributed by atoms with E-state index in [9.17, 15) is 14.4 Å². The SMILES string of the molecule is CCC(C)C(=O)N1CSCC1C(=O)NCCCC(=O)O. The number of thioether (sulfide) groups is 1. The molecule has 1 heterocycles. The average Bonchev–Trinajstić information content (AvgIpc) is 2.90. The topological polar surface area (TPSA) is 86.7 Å². The summed E-state index contributed by atoms with van der Waals surface area (Å²) in [5.74, 6) is 0.0454. The summed E-state index contributed by atoms with van der Waals surface area (Å²) in [6, 6.07) is -0.425. The number of carbonyl (C=O) groups excluding carboxylic acids is 2. The molecule has 0 saturated carbocycles. The van der Waals surface area contributed by atoms with Gasteiger partial charge in [0.25, 0.3) is 0 Å². The van der Waals surface area contributed by atoms with E-state index >= 15 is 0 Å². The Morgan fingerprint density at radius 2 is 2.15 bits per heavy atom. The summed E-state index contributed by atoms with van der Waals surface area (Å²) in [6.45, 7) is 4.15. The first-order valence-electron chi connectivity index (χ1n) is 6.85. The summed E-state index contributed by atoms with van der Waals surface area (Å²) in [5.41, 5.74) is 0. The van der Waals surface area contributed by atoms with Gasteiger partial charge in [0.2, 0.25) is 11.8 Å². The molecule has 2 unspecified atom stereocenters. The van der Waals surface area contributed by atoms with E-state index in [0.717, 1.165) is 6.42 Å². The van der Waals surface area contributed by atoms with Crippen molar-refractivity contribution in [3.63, 3.8) is 0 Å². The monoisotopic (exact) mass is 302 g/mol. The van der Waals surface area contributed by atoms with E-state index in [1.54, 1.807) is 16.7 Å². The minimum absolute atomic E-state index is 0.0168. The number of aliphatic carboxylic acids is 1. The van der Waals surface area contributed by atoms with Crippen molar-refractivity contribution in [2.45, 2.75) is 39.2 Å². The van der Waals surface area contributed by atoms with Crippen molar-refractivity contribution in [1.82, 2.24) is 10.2 Å². The Balaban J connectivity index is 2.45. The van der Waals surface area contributed by atoms with Gasteiger partial charge in [0.05, 0.1) is 5.88 Å². The highest BCUT2D eigenvalue weighted by atomic mass is 32.2. The van der Waals surface area contributed by atoms with Crippen molar-refractivity contribution < 1.29 is 19.5 Å². The molecule has 0 aromatic rings. The molecule has 2 atom stereocenters. The maximum atomic E-state index is 12.2. The number of carboxylic acid groups (broad SMARTS) is 1. The second kappa shape index (κ2) is 8.14. The van der Waals surface area contributed by atoms with Crippen molar-refractivity contribution in [3.8, 4) is 0 Å². The zero-order valence-electron chi connectivity index (χ0n) is 11.9. The Kier molecular flexibility index (Phi) is 6.84. The molecule has 20 heavy (non-hydrogen) atoms. The summed E-state index contributed by atoms with van der Waals surface area (Å²) in [4.78, 5) is 36.2. The average molecular weight is 302 g/mol. The molecule has 1 fully saturated rings. The van der Waals surface area contributed by atoms with Gasteiger partial charge in [-0.1, -0.05) is 13.8 Å². The molecule has 0 radical (unpaired) electrons. The second-order valence-corrected chi connectivity index (χ2v) is 5.92. The molecule has 2 N–H and O–H groups in total. The van der Waals surface area contributed by atoms with Crippen LogP contribution in [-0.2, 0) is 14.4 Å². The smallest absolute Gasteiger partial charge is 0.303 e. The van der Waals surface area contributed by atoms with Crippen LogP contribution in [0.5, 0.6) is 0 Å². The fourth-order valence-corrected chi connectivity index (χ4v) is 3.07. The molecule has 114 valence electrons. The van der Waals surface area contributed by atoms with Gasteiger partial charge in [0, 0.05) is 24.6 Å². The molecule has 7 heteroatoms. The van der Waals surface area contributed by atoms with Crippen LogP contribution in [0, 0.1) is 5.92 Å². The maximum Gasteiger partial charge on any atom is 0.303 e. The lowest BCUT2D eigenvalue weighted by atomic mass is 10.1. The fourth-order valence-electron chi connectivity index (χ4n) is 1.90. The number of hydrogen-bond donors (Lipinski definition) is 2. The number of rotatable bonds is 7. The quantitative estimate of drug-likeness (QED) is 0.683. The Hall–Kier alpha value is -1.24. The van der Waals surface area contributed by atoms with Crippen molar-refractivity contribution >= 4 is 29.5 Å². The van der Waals surface area contributed by atoms with E-state index in [0.29, 0.717) is 24.6 Å². The summed E-state index contributed by atoms with van der Waals surface area (Å²) in [7, 11) is 0. The summed E-state index contributed by atoms with van der Waals surface area (Å²) < 4.78 is 0. The number of hydrogen-bond acceptors (Lipinski definition) is 4. The summed E-state index contributed by atoms with van der Waals surface area (Å²) in [5, 5.41) is 11.2. The van der Waals surface area contributed by atoms with E-state index < -0.39 is 12.0 Å². The zero-order chi connectivity index (χ0) is 15.1. The lowest BCUT2D eigenvalue weighted by Gasteiger charge is -2.25. The van der Waals surface area contributed by atoms with Crippen molar-refractivity contribution in [3.05, 3.63) is 0 Å². The highest BCUT2D eigenvalue weighted by Crippen LogP contribution is 2.23. The van der Waals surface area contributed by atoms with Crippen molar-refractivity contribution in [2.75, 3.05) is 18.2 Å². The molecule has 0 spiro atoms. The van der Waals surface area contributed by atoms with Crippen LogP contribution in [0.4, 0.5) is 0 Å². The third-order valence-corrected chi connectivity index (χ3v) is 4.38. The van der Waals surface area contributed by atoms with Crippen LogP contribution >= 0.6 is 11.8 Å². The molecule has 6 nitrogen and oxygen atoms in total. The summed E-state index contributed by atoms with van der Waals surface area (Å²) >= 11 is 1.57. The normalized spacial score (nSPS) is 19.7. The Labute approximate surface area is 123 Å². The zero-order valence-corrected chi connectivity index (χ0v) is 12.7. The largest absolute Gasteiger partial charge is 0.481 e. The molecular weight excluding hydrogens is 280 g/mol. The van der Waals surface area contributed by atoms with Gasteiger partial charge in [0.15, 0.2) is 0 Å². The van der Waals surface area contributed by atoms with Crippen LogP contribution in [0.3, 0.4) is 0 Å². The van der Waals surface area contributed by atoms with E-state index in [-0.39, 0.29) is 24.2 Å². The Bertz CT molecular complexity index is 375. The van der Waals surface area contributed by atoms with Crippen molar-refractivity contribution in [1.29, 1.82) is 0 Å². The molecule has 2 amide bonds. The molecule has 0 aliphatic carbocycles. The van der Waals surface area contributed by atoms with Gasteiger partial charge >= 0.3 is 5.97 Å². The van der Waals surface area contributed by atoms with Crippen molar-refractivity contribution in [2.24, 2.45) is 5.92 Å². The van der Waals surface area contributed by atoms with Gasteiger partial charge in [-0.15, -0.1) is 11.8 Å². The second-order valence-electron chi connectivity index (χ2n) is 4.92. The summed E-state index contributed by atoms with van der Waals surface area (Å²) in [6.07, 6.45) is 1.20. The van der Waals surface area contributed by atoms with Gasteiger partial charge in [-0.2, -0.15) is 0 Å². The van der Waals surface area contributed by atoms with Crippen LogP contribution in [0.15, 0.2) is 0 Å². The number of carboxylic acids is 1. The van der Waals surface area contributed by atoms with Crippen LogP contribution < -0.4 is 5.32 Å². The lowest BCUT2D eigenvalue weighted by molar-refractivity contribution is -0.140. The van der Waals surface area contributed by atoms with Gasteiger partial charge in [-0.05, 0) is 12.8 Å². The van der Waals surface area contributed by atoms with E-state index in [2.05, 4.69) is 5.32 Å². The molecule has 0 aromatic carbocycles. The van der Waals surface area contributed by atoms with E-state index in [4.69, 9.17) is 5.11 Å². The molecule has 1 saturated heterocycles. The molecular formula is C13H22N2O4S. The highest BCUT2D eigenvalue weighted by molar-refractivity contribution is 7.99. The maximum absolute atomic E-state index is 12.2. The Morgan fingerprint density at radius 1 is 1.45 bits per heavy atom. The van der Waals surface area contributed by atoms with E-state index in [1.165, 1.54) is 0 Å². The molecule has 1 aliphatic heterocycles. The van der Waals surface area contributed by atoms with Crippen LogP contribution in [0.2, 0.25) is 0 Å². The predicted molar refractivity (Wildman–Crippen MR) is 77.3 cm³/mol. The molecule has 1 rings (SSSR count). The predicted octanol–water partition coefficient (Wildman–Crippen LogP) is 0.915. The molecule has 1 aliphatic rings. The van der Waals surface area contributed by atoms with Gasteiger partial charge < -0.3 is 15.3 Å². The number of amides is 2. The molecule has 0 aromatic heterocycles. The van der Waals surface area contributed by atoms with E-state index in [1.807, 2.05) is 13.8 Å². The fraction of sp³-hybridized carbons (Fsp3) is 0.769. The van der Waals surface area contributed by atoms with Gasteiger partial charge in [-0.3, -0.25) is 14.4 Å². The number of carbonyl (C=O) groups is 3. The van der Waals surface area contributed by atoms with Crippen LogP contribution in [-0.4, -0.2) is 52.0 Å². The minimum Gasteiger partial charge on any atom is -0.481 e. The number of nitrogens with zero attached hydrogens (tertiary/aromatic N) is 1. The van der Waals surface area contributed by atoms with Gasteiger partial charge in [-0.25, -0.2) is 0 Å². The van der Waals surface area contributed by atoms with Crippen LogP contribution in [0.25, 0.3) is 0 Å². The first-order chi connectivity index (χ1) is 9.47. The Morgan fingerprint density at radius 3 is 2.75 bits per heavy atom. The van der Waals surface area contributed by atoms with Gasteiger partial charge in [0.1, 0.15) is 6.04 Å². The highest BCUT2D eigenvalue weighted by Gasteiger charge is 2.35. The third-order valence-electron chi connectivity index (χ3n) is 3.37. The molecule has 0 bridgehead atoms. The lowest BCUT2D eigenvalue weighted by Crippen LogP contribution is -2.48. The number of nitrogens with one attached hydrogen (secondary N) is 1. The first-order valence-corrected chi connectivity index (χ1v) is 8.00. The standard InChI is InChI=1S/C13H22N2O4S/c1-3-9(2)13(19)15-8-20-7-10(15)12(18)14-6-4-5-11(16)17/h9-10H,3-8H2,1-2H3,(H,14,18)(H,16,17).